The van der Waals surface area contributed by atoms with E-state index in [1.54, 1.807) is 0 Å². The molecule has 0 saturated heterocycles. The maximum Gasteiger partial charge on any atom is 0.159 e. The first kappa shape index (κ1) is 47.0. The average Bonchev–Trinajstić information content (AvgIpc) is 3.75. The van der Waals surface area contributed by atoms with Crippen molar-refractivity contribution < 1.29 is 4.42 Å². The van der Waals surface area contributed by atoms with Crippen LogP contribution >= 0.6 is 0 Å². The minimum absolute atomic E-state index is 0.0239. The Hall–Kier alpha value is -6.06. The zero-order chi connectivity index (χ0) is 49.1. The van der Waals surface area contributed by atoms with Gasteiger partial charge in [-0.25, -0.2) is 0 Å². The number of nitrogens with zero attached hydrogens (tertiary/aromatic N) is 2. The predicted octanol–water partition coefficient (Wildman–Crippen LogP) is 19.3. The molecule has 1 aliphatic carbocycles. The normalized spacial score (nSPS) is 14.1. The fourth-order valence-electron chi connectivity index (χ4n) is 10.4. The Labute approximate surface area is 408 Å². The smallest absolute Gasteiger partial charge is 0.159 e. The number of anilines is 6. The minimum Gasteiger partial charge on any atom is -0.454 e. The SMILES string of the molecule is CC(C)(C)c1ccc(N(c2ccc(C(C)(C)C)cc2)c2ccc3c(c2)C(C)(C)c2c-3cc(N(c3ccc(C(C)(C)C)cc3)c3ccc(C(C)(C)C)cc3)c3oc4c(C(C)(C)C)cccc4c23)cc1. The van der Waals surface area contributed by atoms with Gasteiger partial charge < -0.3 is 14.2 Å². The number of hydrogen-bond donors (Lipinski definition) is 0. The average molecular weight is 899 g/mol. The van der Waals surface area contributed by atoms with Crippen LogP contribution in [0.4, 0.5) is 34.1 Å². The van der Waals surface area contributed by atoms with Gasteiger partial charge in [0.05, 0.1) is 5.69 Å². The van der Waals surface area contributed by atoms with E-state index < -0.39 is 0 Å². The highest BCUT2D eigenvalue weighted by molar-refractivity contribution is 6.17. The highest BCUT2D eigenvalue weighted by Gasteiger charge is 2.41. The van der Waals surface area contributed by atoms with Gasteiger partial charge in [-0.1, -0.05) is 190 Å². The molecule has 8 aromatic rings. The van der Waals surface area contributed by atoms with Gasteiger partial charge in [0.2, 0.25) is 0 Å². The summed E-state index contributed by atoms with van der Waals surface area (Å²) >= 11 is 0. The molecule has 9 rings (SSSR count). The van der Waals surface area contributed by atoms with E-state index in [1.807, 2.05) is 0 Å². The van der Waals surface area contributed by atoms with Crippen molar-refractivity contribution in [2.75, 3.05) is 9.80 Å². The van der Waals surface area contributed by atoms with Crippen LogP contribution in [-0.2, 0) is 32.5 Å². The highest BCUT2D eigenvalue weighted by Crippen LogP contribution is 2.58. The van der Waals surface area contributed by atoms with Crippen molar-refractivity contribution in [1.82, 2.24) is 0 Å². The van der Waals surface area contributed by atoms with Crippen molar-refractivity contribution in [3.63, 3.8) is 0 Å². The molecule has 7 aromatic carbocycles. The molecule has 68 heavy (non-hydrogen) atoms. The molecule has 3 nitrogen and oxygen atoms in total. The number of para-hydroxylation sites is 1. The molecule has 3 heteroatoms. The summed E-state index contributed by atoms with van der Waals surface area (Å²) in [7, 11) is 0. The Morgan fingerprint density at radius 2 is 0.779 bits per heavy atom. The van der Waals surface area contributed by atoms with E-state index >= 15 is 0 Å². The molecule has 1 heterocycles. The molecule has 0 fully saturated rings. The zero-order valence-corrected chi connectivity index (χ0v) is 44.1. The summed E-state index contributed by atoms with van der Waals surface area (Å²) in [6, 6.07) is 53.1. The number of fused-ring (bicyclic) bond motifs is 7. The van der Waals surface area contributed by atoms with Crippen LogP contribution in [0.2, 0.25) is 0 Å². The number of benzene rings is 7. The first-order chi connectivity index (χ1) is 31.6. The van der Waals surface area contributed by atoms with E-state index in [0.717, 1.165) is 50.7 Å². The Balaban J connectivity index is 1.32. The summed E-state index contributed by atoms with van der Waals surface area (Å²) in [5.41, 5.74) is 19.8. The van der Waals surface area contributed by atoms with Crippen molar-refractivity contribution in [2.45, 2.75) is 150 Å². The van der Waals surface area contributed by atoms with E-state index in [9.17, 15) is 0 Å². The molecule has 1 aromatic heterocycles. The van der Waals surface area contributed by atoms with Gasteiger partial charge in [-0.05, 0) is 138 Å². The molecule has 0 unspecified atom stereocenters. The van der Waals surface area contributed by atoms with Gasteiger partial charge in [-0.2, -0.15) is 0 Å². The molecule has 0 amide bonds. The van der Waals surface area contributed by atoms with Gasteiger partial charge >= 0.3 is 0 Å². The maximum atomic E-state index is 7.43. The number of hydrogen-bond acceptors (Lipinski definition) is 3. The topological polar surface area (TPSA) is 19.6 Å². The van der Waals surface area contributed by atoms with E-state index in [-0.39, 0.29) is 32.5 Å². The molecule has 0 radical (unpaired) electrons. The van der Waals surface area contributed by atoms with E-state index in [4.69, 9.17) is 4.42 Å². The molecule has 0 aliphatic heterocycles. The summed E-state index contributed by atoms with van der Waals surface area (Å²) in [4.78, 5) is 4.87. The van der Waals surface area contributed by atoms with Crippen LogP contribution in [-0.4, -0.2) is 0 Å². The first-order valence-corrected chi connectivity index (χ1v) is 24.8. The highest BCUT2D eigenvalue weighted by atomic mass is 16.3. The van der Waals surface area contributed by atoms with Crippen LogP contribution in [0.15, 0.2) is 144 Å². The van der Waals surface area contributed by atoms with Gasteiger partial charge in [0.1, 0.15) is 5.58 Å². The first-order valence-electron chi connectivity index (χ1n) is 24.8. The number of furan rings is 1. The van der Waals surface area contributed by atoms with Crippen LogP contribution in [0.1, 0.15) is 157 Å². The molecule has 0 spiro atoms. The van der Waals surface area contributed by atoms with Crippen LogP contribution in [0.25, 0.3) is 33.1 Å². The Morgan fingerprint density at radius 1 is 0.382 bits per heavy atom. The van der Waals surface area contributed by atoms with E-state index in [0.29, 0.717) is 0 Å². The summed E-state index contributed by atoms with van der Waals surface area (Å²) in [5.74, 6) is 0. The fraction of sp³-hybridized carbons (Fsp3) is 0.354. The van der Waals surface area contributed by atoms with Gasteiger partial charge in [0.25, 0.3) is 0 Å². The molecule has 0 bridgehead atoms. The standard InChI is InChI=1S/C65H74N2O/c1-60(2,3)41-21-29-45(30-22-41)66(46-31-23-42(24-32-46)61(4,5)6)49-37-38-50-52-40-55(67(47-33-25-43(26-34-47)62(7,8)9)48-35-27-44(28-36-48)63(10,11)12)59-56(57(52)65(16,17)54(50)39-49)51-19-18-20-53(58(51)68-59)64(13,14)15/h18-40H,1-17H3. The van der Waals surface area contributed by atoms with Crippen LogP contribution in [0.3, 0.4) is 0 Å². The Kier molecular flexibility index (Phi) is 11.1. The van der Waals surface area contributed by atoms with Crippen LogP contribution in [0, 0.1) is 0 Å². The number of rotatable bonds is 6. The lowest BCUT2D eigenvalue weighted by atomic mass is 9.79. The van der Waals surface area contributed by atoms with Gasteiger partial charge in [0, 0.05) is 50.2 Å². The third-order valence-electron chi connectivity index (χ3n) is 14.6. The van der Waals surface area contributed by atoms with Crippen molar-refractivity contribution in [2.24, 2.45) is 0 Å². The van der Waals surface area contributed by atoms with E-state index in [1.165, 1.54) is 55.5 Å². The molecular formula is C65H74N2O. The lowest BCUT2D eigenvalue weighted by Gasteiger charge is -2.30. The molecule has 0 saturated carbocycles. The van der Waals surface area contributed by atoms with Crippen LogP contribution in [0.5, 0.6) is 0 Å². The molecule has 1 aliphatic rings. The third-order valence-corrected chi connectivity index (χ3v) is 14.6. The van der Waals surface area contributed by atoms with Crippen molar-refractivity contribution in [1.29, 1.82) is 0 Å². The van der Waals surface area contributed by atoms with E-state index in [2.05, 4.69) is 267 Å². The maximum absolute atomic E-state index is 7.43. The summed E-state index contributed by atoms with van der Waals surface area (Å²) < 4.78 is 7.43. The fourth-order valence-corrected chi connectivity index (χ4v) is 10.4. The minimum atomic E-state index is -0.364. The van der Waals surface area contributed by atoms with Gasteiger partial charge in [-0.3, -0.25) is 0 Å². The largest absolute Gasteiger partial charge is 0.454 e. The lowest BCUT2D eigenvalue weighted by molar-refractivity contribution is 0.572. The predicted molar refractivity (Wildman–Crippen MR) is 294 cm³/mol. The molecular weight excluding hydrogens is 825 g/mol. The second kappa shape index (κ2) is 16.0. The Morgan fingerprint density at radius 3 is 1.18 bits per heavy atom. The van der Waals surface area contributed by atoms with Gasteiger partial charge in [-0.15, -0.1) is 0 Å². The Bertz CT molecular complexity index is 3050. The van der Waals surface area contributed by atoms with Crippen molar-refractivity contribution in [3.05, 3.63) is 178 Å². The quantitative estimate of drug-likeness (QED) is 0.166. The molecule has 0 N–H and O–H groups in total. The van der Waals surface area contributed by atoms with Crippen molar-refractivity contribution >= 4 is 56.1 Å². The zero-order valence-electron chi connectivity index (χ0n) is 44.1. The van der Waals surface area contributed by atoms with Crippen molar-refractivity contribution in [3.8, 4) is 11.1 Å². The molecule has 0 atom stereocenters. The monoisotopic (exact) mass is 899 g/mol. The summed E-state index contributed by atoms with van der Waals surface area (Å²) in [6.45, 7) is 39.1. The second-order valence-corrected chi connectivity index (χ2v) is 25.3. The third kappa shape index (κ3) is 8.24. The van der Waals surface area contributed by atoms with Gasteiger partial charge in [0.15, 0.2) is 5.58 Å². The summed E-state index contributed by atoms with van der Waals surface area (Å²) in [6.07, 6.45) is 0. The molecule has 350 valence electrons. The second-order valence-electron chi connectivity index (χ2n) is 25.3. The lowest BCUT2D eigenvalue weighted by Crippen LogP contribution is -2.18. The van der Waals surface area contributed by atoms with Crippen LogP contribution < -0.4 is 9.80 Å². The summed E-state index contributed by atoms with van der Waals surface area (Å²) in [5, 5.41) is 2.36.